The number of hydrogen-bond acceptors (Lipinski definition) is 2. The van der Waals surface area contributed by atoms with Crippen LogP contribution in [0.3, 0.4) is 0 Å². The highest BCUT2D eigenvalue weighted by Gasteiger charge is 2.21. The van der Waals surface area contributed by atoms with Gasteiger partial charge in [-0.15, -0.1) is 0 Å². The molecular formula is C12H17ClN2. The lowest BCUT2D eigenvalue weighted by Gasteiger charge is -2.33. The fraction of sp³-hybridized carbons (Fsp3) is 0.500. The molecule has 2 nitrogen and oxygen atoms in total. The molecule has 0 bridgehead atoms. The Morgan fingerprint density at radius 1 is 1.47 bits per heavy atom. The molecule has 0 radical (unpaired) electrons. The maximum atomic E-state index is 6.27. The monoisotopic (exact) mass is 224 g/mol. The highest BCUT2D eigenvalue weighted by atomic mass is 35.5. The lowest BCUT2D eigenvalue weighted by molar-refractivity contribution is 0.202. The molecule has 82 valence electrons. The average molecular weight is 225 g/mol. The molecule has 1 aliphatic rings. The van der Waals surface area contributed by atoms with Crippen molar-refractivity contribution >= 4 is 11.6 Å². The maximum Gasteiger partial charge on any atom is 0.0484 e. The summed E-state index contributed by atoms with van der Waals surface area (Å²) in [6, 6.07) is 6.72. The van der Waals surface area contributed by atoms with Gasteiger partial charge in [0, 0.05) is 30.7 Å². The largest absolute Gasteiger partial charge is 0.314 e. The second-order valence-electron chi connectivity index (χ2n) is 4.23. The van der Waals surface area contributed by atoms with Gasteiger partial charge in [0.05, 0.1) is 0 Å². The van der Waals surface area contributed by atoms with Crippen LogP contribution in [0.2, 0.25) is 5.02 Å². The first-order valence-electron chi connectivity index (χ1n) is 5.35. The van der Waals surface area contributed by atoms with E-state index in [0.717, 1.165) is 24.7 Å². The Morgan fingerprint density at radius 3 is 2.93 bits per heavy atom. The predicted molar refractivity (Wildman–Crippen MR) is 64.4 cm³/mol. The molecule has 1 aromatic carbocycles. The summed E-state index contributed by atoms with van der Waals surface area (Å²) in [4.78, 5) is 2.35. The van der Waals surface area contributed by atoms with Gasteiger partial charge in [-0.3, -0.25) is 4.90 Å². The molecule has 3 heteroatoms. The topological polar surface area (TPSA) is 15.3 Å². The van der Waals surface area contributed by atoms with Crippen molar-refractivity contribution in [1.82, 2.24) is 10.2 Å². The second kappa shape index (κ2) is 4.52. The molecule has 0 aliphatic carbocycles. The van der Waals surface area contributed by atoms with E-state index in [4.69, 9.17) is 11.6 Å². The van der Waals surface area contributed by atoms with Gasteiger partial charge in [0.15, 0.2) is 0 Å². The van der Waals surface area contributed by atoms with Crippen molar-refractivity contribution in [2.75, 3.05) is 26.7 Å². The summed E-state index contributed by atoms with van der Waals surface area (Å²) >= 11 is 6.27. The van der Waals surface area contributed by atoms with E-state index in [2.05, 4.69) is 36.3 Å². The van der Waals surface area contributed by atoms with Gasteiger partial charge in [0.2, 0.25) is 0 Å². The molecule has 1 unspecified atom stereocenters. The molecule has 1 aliphatic heterocycles. The van der Waals surface area contributed by atoms with Gasteiger partial charge in [0.25, 0.3) is 0 Å². The molecule has 2 rings (SSSR count). The first-order valence-corrected chi connectivity index (χ1v) is 5.73. The minimum atomic E-state index is 0.409. The SMILES string of the molecule is Cc1ccc(C2CNCCN2C)c(Cl)c1. The Kier molecular flexibility index (Phi) is 3.29. The Morgan fingerprint density at radius 2 is 2.27 bits per heavy atom. The van der Waals surface area contributed by atoms with E-state index in [1.165, 1.54) is 11.1 Å². The van der Waals surface area contributed by atoms with E-state index in [9.17, 15) is 0 Å². The summed E-state index contributed by atoms with van der Waals surface area (Å²) in [5.74, 6) is 0. The van der Waals surface area contributed by atoms with Crippen LogP contribution in [0, 0.1) is 6.92 Å². The molecule has 1 atom stereocenters. The highest BCUT2D eigenvalue weighted by Crippen LogP contribution is 2.28. The number of nitrogens with zero attached hydrogens (tertiary/aromatic N) is 1. The van der Waals surface area contributed by atoms with Crippen LogP contribution in [-0.2, 0) is 0 Å². The Labute approximate surface area is 96.2 Å². The molecule has 1 heterocycles. The summed E-state index contributed by atoms with van der Waals surface area (Å²) < 4.78 is 0. The van der Waals surface area contributed by atoms with Gasteiger partial charge < -0.3 is 5.32 Å². The molecule has 1 aromatic rings. The Balaban J connectivity index is 2.27. The third kappa shape index (κ3) is 2.33. The van der Waals surface area contributed by atoms with Crippen molar-refractivity contribution < 1.29 is 0 Å². The normalized spacial score (nSPS) is 23.0. The van der Waals surface area contributed by atoms with Crippen LogP contribution in [0.25, 0.3) is 0 Å². The lowest BCUT2D eigenvalue weighted by atomic mass is 10.0. The molecule has 0 saturated carbocycles. The first kappa shape index (κ1) is 10.9. The zero-order valence-electron chi connectivity index (χ0n) is 9.26. The molecule has 0 amide bonds. The molecule has 1 saturated heterocycles. The van der Waals surface area contributed by atoms with Crippen LogP contribution in [0.1, 0.15) is 17.2 Å². The van der Waals surface area contributed by atoms with E-state index < -0.39 is 0 Å². The van der Waals surface area contributed by atoms with Gasteiger partial charge in [-0.1, -0.05) is 23.7 Å². The minimum absolute atomic E-state index is 0.409. The van der Waals surface area contributed by atoms with Crippen molar-refractivity contribution in [1.29, 1.82) is 0 Å². The van der Waals surface area contributed by atoms with Gasteiger partial charge in [-0.25, -0.2) is 0 Å². The van der Waals surface area contributed by atoms with Crippen LogP contribution in [0.4, 0.5) is 0 Å². The number of likely N-dealkylation sites (N-methyl/N-ethyl adjacent to an activating group) is 1. The summed E-state index contributed by atoms with van der Waals surface area (Å²) in [5, 5.41) is 4.29. The van der Waals surface area contributed by atoms with Crippen LogP contribution in [0.5, 0.6) is 0 Å². The summed E-state index contributed by atoms with van der Waals surface area (Å²) in [5.41, 5.74) is 2.45. The Hall–Kier alpha value is -0.570. The Bertz CT molecular complexity index is 351. The number of hydrogen-bond donors (Lipinski definition) is 1. The van der Waals surface area contributed by atoms with Crippen LogP contribution >= 0.6 is 11.6 Å². The van der Waals surface area contributed by atoms with Crippen molar-refractivity contribution in [2.45, 2.75) is 13.0 Å². The van der Waals surface area contributed by atoms with Gasteiger partial charge in [0.1, 0.15) is 0 Å². The maximum absolute atomic E-state index is 6.27. The van der Waals surface area contributed by atoms with Gasteiger partial charge in [-0.2, -0.15) is 0 Å². The third-order valence-electron chi connectivity index (χ3n) is 3.03. The number of piperazine rings is 1. The number of rotatable bonds is 1. The van der Waals surface area contributed by atoms with Crippen LogP contribution in [0.15, 0.2) is 18.2 Å². The predicted octanol–water partition coefficient (Wildman–Crippen LogP) is 2.22. The fourth-order valence-corrected chi connectivity index (χ4v) is 2.42. The van der Waals surface area contributed by atoms with Gasteiger partial charge in [-0.05, 0) is 31.2 Å². The van der Waals surface area contributed by atoms with E-state index in [0.29, 0.717) is 6.04 Å². The lowest BCUT2D eigenvalue weighted by Crippen LogP contribution is -2.43. The second-order valence-corrected chi connectivity index (χ2v) is 4.63. The van der Waals surface area contributed by atoms with Crippen molar-refractivity contribution in [2.24, 2.45) is 0 Å². The molecular weight excluding hydrogens is 208 g/mol. The first-order chi connectivity index (χ1) is 7.18. The zero-order chi connectivity index (χ0) is 10.8. The van der Waals surface area contributed by atoms with E-state index in [-0.39, 0.29) is 0 Å². The third-order valence-corrected chi connectivity index (χ3v) is 3.35. The summed E-state index contributed by atoms with van der Waals surface area (Å²) in [6.07, 6.45) is 0. The van der Waals surface area contributed by atoms with Crippen molar-refractivity contribution in [3.63, 3.8) is 0 Å². The smallest absolute Gasteiger partial charge is 0.0484 e. The molecule has 1 fully saturated rings. The number of aryl methyl sites for hydroxylation is 1. The average Bonchev–Trinajstić information content (AvgIpc) is 2.20. The van der Waals surface area contributed by atoms with Crippen LogP contribution in [-0.4, -0.2) is 31.6 Å². The van der Waals surface area contributed by atoms with Crippen molar-refractivity contribution in [3.8, 4) is 0 Å². The van der Waals surface area contributed by atoms with Crippen molar-refractivity contribution in [3.05, 3.63) is 34.3 Å². The number of halogens is 1. The van der Waals surface area contributed by atoms with Crippen LogP contribution < -0.4 is 5.32 Å². The number of nitrogens with one attached hydrogen (secondary N) is 1. The van der Waals surface area contributed by atoms with E-state index >= 15 is 0 Å². The van der Waals surface area contributed by atoms with E-state index in [1.807, 2.05) is 6.07 Å². The molecule has 15 heavy (non-hydrogen) atoms. The summed E-state index contributed by atoms with van der Waals surface area (Å²) in [6.45, 7) is 5.20. The molecule has 1 N–H and O–H groups in total. The van der Waals surface area contributed by atoms with E-state index in [1.54, 1.807) is 0 Å². The van der Waals surface area contributed by atoms with Gasteiger partial charge >= 0.3 is 0 Å². The number of benzene rings is 1. The standard InChI is InChI=1S/C12H17ClN2/c1-9-3-4-10(11(13)7-9)12-8-14-5-6-15(12)2/h3-4,7,12,14H,5-6,8H2,1-2H3. The summed E-state index contributed by atoms with van der Waals surface area (Å²) in [7, 11) is 2.15. The molecule has 0 aromatic heterocycles. The molecule has 0 spiro atoms. The minimum Gasteiger partial charge on any atom is -0.314 e. The fourth-order valence-electron chi connectivity index (χ4n) is 2.06. The quantitative estimate of drug-likeness (QED) is 0.787. The highest BCUT2D eigenvalue weighted by molar-refractivity contribution is 6.31. The zero-order valence-corrected chi connectivity index (χ0v) is 10.0.